The van der Waals surface area contributed by atoms with E-state index in [4.69, 9.17) is 4.74 Å². The Hall–Kier alpha value is -0.610. The van der Waals surface area contributed by atoms with Crippen molar-refractivity contribution >= 4 is 5.91 Å². The molecule has 17 heavy (non-hydrogen) atoms. The molecule has 1 aliphatic heterocycles. The molecule has 0 atom stereocenters. The summed E-state index contributed by atoms with van der Waals surface area (Å²) in [4.78, 5) is 12.4. The molecular weight excluding hydrogens is 216 g/mol. The van der Waals surface area contributed by atoms with E-state index in [2.05, 4.69) is 10.6 Å². The molecule has 1 amide bonds. The highest BCUT2D eigenvalue weighted by Crippen LogP contribution is 2.30. The summed E-state index contributed by atoms with van der Waals surface area (Å²) in [6.45, 7) is 2.39. The fraction of sp³-hybridized carbons (Fsp3) is 0.923. The fourth-order valence-electron chi connectivity index (χ4n) is 3.03. The topological polar surface area (TPSA) is 50.4 Å². The quantitative estimate of drug-likeness (QED) is 0.772. The van der Waals surface area contributed by atoms with Crippen molar-refractivity contribution in [3.63, 3.8) is 0 Å². The molecule has 1 heterocycles. The molecule has 98 valence electrons. The third kappa shape index (κ3) is 2.99. The molecule has 2 rings (SSSR count). The van der Waals surface area contributed by atoms with E-state index in [1.807, 2.05) is 0 Å². The SMILES string of the molecule is COCC1(C(=O)NC2CCCC2)CCNCC1. The lowest BCUT2D eigenvalue weighted by molar-refractivity contribution is -0.136. The normalized spacial score (nSPS) is 24.8. The molecule has 4 nitrogen and oxygen atoms in total. The predicted octanol–water partition coefficient (Wildman–Crippen LogP) is 1.06. The average Bonchev–Trinajstić information content (AvgIpc) is 2.83. The van der Waals surface area contributed by atoms with Crippen molar-refractivity contribution in [2.24, 2.45) is 5.41 Å². The van der Waals surface area contributed by atoms with E-state index < -0.39 is 0 Å². The first-order chi connectivity index (χ1) is 8.27. The van der Waals surface area contributed by atoms with Gasteiger partial charge >= 0.3 is 0 Å². The Morgan fingerprint density at radius 2 is 2.00 bits per heavy atom. The number of ether oxygens (including phenoxy) is 1. The van der Waals surface area contributed by atoms with Gasteiger partial charge in [-0.2, -0.15) is 0 Å². The maximum atomic E-state index is 12.4. The van der Waals surface area contributed by atoms with Crippen molar-refractivity contribution in [2.75, 3.05) is 26.8 Å². The Morgan fingerprint density at radius 1 is 1.35 bits per heavy atom. The Bertz CT molecular complexity index is 251. The van der Waals surface area contributed by atoms with E-state index in [0.29, 0.717) is 12.6 Å². The zero-order valence-electron chi connectivity index (χ0n) is 10.8. The van der Waals surface area contributed by atoms with Crippen LogP contribution in [0.3, 0.4) is 0 Å². The van der Waals surface area contributed by atoms with Crippen LogP contribution in [-0.2, 0) is 9.53 Å². The van der Waals surface area contributed by atoms with Gasteiger partial charge in [0.25, 0.3) is 0 Å². The number of hydrogen-bond acceptors (Lipinski definition) is 3. The Kier molecular flexibility index (Phi) is 4.40. The van der Waals surface area contributed by atoms with Crippen LogP contribution in [0.15, 0.2) is 0 Å². The highest BCUT2D eigenvalue weighted by atomic mass is 16.5. The molecule has 0 bridgehead atoms. The summed E-state index contributed by atoms with van der Waals surface area (Å²) in [5, 5.41) is 6.54. The lowest BCUT2D eigenvalue weighted by Gasteiger charge is -2.36. The van der Waals surface area contributed by atoms with Crippen LogP contribution in [0.2, 0.25) is 0 Å². The second-order valence-corrected chi connectivity index (χ2v) is 5.42. The minimum atomic E-state index is -0.289. The van der Waals surface area contributed by atoms with Gasteiger partial charge < -0.3 is 15.4 Å². The van der Waals surface area contributed by atoms with E-state index >= 15 is 0 Å². The van der Waals surface area contributed by atoms with Gasteiger partial charge in [0.2, 0.25) is 5.91 Å². The second kappa shape index (κ2) is 5.83. The molecule has 2 aliphatic rings. The van der Waals surface area contributed by atoms with Gasteiger partial charge in [-0.3, -0.25) is 4.79 Å². The van der Waals surface area contributed by atoms with E-state index in [1.54, 1.807) is 7.11 Å². The maximum Gasteiger partial charge on any atom is 0.228 e. The predicted molar refractivity (Wildman–Crippen MR) is 66.8 cm³/mol. The van der Waals surface area contributed by atoms with Crippen molar-refractivity contribution < 1.29 is 9.53 Å². The van der Waals surface area contributed by atoms with Gasteiger partial charge in [-0.15, -0.1) is 0 Å². The molecule has 4 heteroatoms. The molecule has 0 aromatic rings. The van der Waals surface area contributed by atoms with Gasteiger partial charge in [0, 0.05) is 13.2 Å². The smallest absolute Gasteiger partial charge is 0.228 e. The van der Waals surface area contributed by atoms with Crippen molar-refractivity contribution in [3.05, 3.63) is 0 Å². The van der Waals surface area contributed by atoms with Crippen LogP contribution in [0.5, 0.6) is 0 Å². The maximum absolute atomic E-state index is 12.4. The fourth-order valence-corrected chi connectivity index (χ4v) is 3.03. The summed E-state index contributed by atoms with van der Waals surface area (Å²) in [5.41, 5.74) is -0.289. The number of piperidine rings is 1. The summed E-state index contributed by atoms with van der Waals surface area (Å²) in [6.07, 6.45) is 6.58. The van der Waals surface area contributed by atoms with Gasteiger partial charge in [-0.1, -0.05) is 12.8 Å². The van der Waals surface area contributed by atoms with Gasteiger partial charge in [0.05, 0.1) is 12.0 Å². The highest BCUT2D eigenvalue weighted by Gasteiger charge is 2.40. The minimum Gasteiger partial charge on any atom is -0.384 e. The van der Waals surface area contributed by atoms with Gasteiger partial charge in [-0.05, 0) is 38.8 Å². The number of hydrogen-bond donors (Lipinski definition) is 2. The number of carbonyl (C=O) groups is 1. The average molecular weight is 240 g/mol. The molecule has 0 aromatic carbocycles. The lowest BCUT2D eigenvalue weighted by Crippen LogP contribution is -2.52. The summed E-state index contributed by atoms with van der Waals surface area (Å²) in [6, 6.07) is 0.408. The van der Waals surface area contributed by atoms with Crippen molar-refractivity contribution in [1.29, 1.82) is 0 Å². The Morgan fingerprint density at radius 3 is 2.59 bits per heavy atom. The van der Waals surface area contributed by atoms with E-state index in [-0.39, 0.29) is 11.3 Å². The first-order valence-corrected chi connectivity index (χ1v) is 6.77. The number of methoxy groups -OCH3 is 1. The Labute approximate surface area is 103 Å². The minimum absolute atomic E-state index is 0.216. The summed E-state index contributed by atoms with van der Waals surface area (Å²) >= 11 is 0. The highest BCUT2D eigenvalue weighted by molar-refractivity contribution is 5.83. The number of amides is 1. The Balaban J connectivity index is 1.96. The zero-order valence-corrected chi connectivity index (χ0v) is 10.8. The van der Waals surface area contributed by atoms with Crippen molar-refractivity contribution in [2.45, 2.75) is 44.6 Å². The monoisotopic (exact) mass is 240 g/mol. The van der Waals surface area contributed by atoms with Crippen LogP contribution in [-0.4, -0.2) is 38.8 Å². The van der Waals surface area contributed by atoms with Crippen LogP contribution >= 0.6 is 0 Å². The van der Waals surface area contributed by atoms with Gasteiger partial charge in [0.1, 0.15) is 0 Å². The molecule has 1 saturated carbocycles. The number of nitrogens with one attached hydrogen (secondary N) is 2. The van der Waals surface area contributed by atoms with Crippen LogP contribution in [0, 0.1) is 5.41 Å². The third-order valence-electron chi connectivity index (χ3n) is 4.15. The van der Waals surface area contributed by atoms with Gasteiger partial charge in [0.15, 0.2) is 0 Å². The molecule has 0 unspecified atom stereocenters. The molecule has 2 N–H and O–H groups in total. The largest absolute Gasteiger partial charge is 0.384 e. The van der Waals surface area contributed by atoms with Crippen molar-refractivity contribution in [3.8, 4) is 0 Å². The second-order valence-electron chi connectivity index (χ2n) is 5.42. The molecule has 0 radical (unpaired) electrons. The molecule has 0 spiro atoms. The molecule has 0 aromatic heterocycles. The van der Waals surface area contributed by atoms with Crippen LogP contribution in [0.4, 0.5) is 0 Å². The zero-order chi connectivity index (χ0) is 12.1. The third-order valence-corrected chi connectivity index (χ3v) is 4.15. The summed E-state index contributed by atoms with van der Waals surface area (Å²) < 4.78 is 5.28. The van der Waals surface area contributed by atoms with E-state index in [9.17, 15) is 4.79 Å². The van der Waals surface area contributed by atoms with Crippen LogP contribution in [0.1, 0.15) is 38.5 Å². The molecule has 2 fully saturated rings. The first-order valence-electron chi connectivity index (χ1n) is 6.77. The summed E-state index contributed by atoms with van der Waals surface area (Å²) in [7, 11) is 1.69. The molecule has 1 aliphatic carbocycles. The van der Waals surface area contributed by atoms with E-state index in [1.165, 1.54) is 12.8 Å². The molecule has 1 saturated heterocycles. The first kappa shape index (κ1) is 12.8. The lowest BCUT2D eigenvalue weighted by atomic mass is 9.78. The number of rotatable bonds is 4. The standard InChI is InChI=1S/C13H24N2O2/c1-17-10-13(6-8-14-9-7-13)12(16)15-11-4-2-3-5-11/h11,14H,2-10H2,1H3,(H,15,16). The van der Waals surface area contributed by atoms with E-state index in [0.717, 1.165) is 38.8 Å². The summed E-state index contributed by atoms with van der Waals surface area (Å²) in [5.74, 6) is 0.216. The van der Waals surface area contributed by atoms with Crippen molar-refractivity contribution in [1.82, 2.24) is 10.6 Å². The molecular formula is C13H24N2O2. The van der Waals surface area contributed by atoms with Gasteiger partial charge in [-0.25, -0.2) is 0 Å². The number of carbonyl (C=O) groups excluding carboxylic acids is 1. The van der Waals surface area contributed by atoms with Crippen LogP contribution in [0.25, 0.3) is 0 Å². The van der Waals surface area contributed by atoms with Crippen LogP contribution < -0.4 is 10.6 Å².